The van der Waals surface area contributed by atoms with Crippen LogP contribution in [0.3, 0.4) is 0 Å². The van der Waals surface area contributed by atoms with Gasteiger partial charge in [0.25, 0.3) is 0 Å². The van der Waals surface area contributed by atoms with E-state index >= 15 is 0 Å². The summed E-state index contributed by atoms with van der Waals surface area (Å²) in [5, 5.41) is 22.5. The van der Waals surface area contributed by atoms with E-state index in [1.54, 1.807) is 24.3 Å². The van der Waals surface area contributed by atoms with Crippen LogP contribution in [0.2, 0.25) is 0 Å². The number of carbonyl (C=O) groups is 2. The smallest absolute Gasteiger partial charge is 0.360 e. The number of aromatic carboxylic acids is 2. The number of hydrogen-bond acceptors (Lipinski definition) is 4. The minimum atomic E-state index is -1.55. The number of unbranched alkanes of at least 4 members (excludes halogenated alkanes) is 1. The Bertz CT molecular complexity index is 843. The van der Waals surface area contributed by atoms with Crippen molar-refractivity contribution in [3.05, 3.63) is 55.0 Å². The van der Waals surface area contributed by atoms with Crippen molar-refractivity contribution in [2.45, 2.75) is 26.2 Å². The molecule has 0 saturated carbocycles. The molecule has 0 aliphatic heterocycles. The predicted molar refractivity (Wildman–Crippen MR) is 95.1 cm³/mol. The molecule has 7 nitrogen and oxygen atoms in total. The molecular formula is C16H15IN2O5. The summed E-state index contributed by atoms with van der Waals surface area (Å²) in [6.45, 7) is 1.94. The van der Waals surface area contributed by atoms with Gasteiger partial charge in [-0.2, -0.15) is 5.10 Å². The minimum absolute atomic E-state index is 0.209. The normalized spacial score (nSPS) is 10.6. The molecule has 0 bridgehead atoms. The molecule has 0 spiro atoms. The number of carboxylic acids is 2. The van der Waals surface area contributed by atoms with Crippen molar-refractivity contribution in [1.82, 2.24) is 9.78 Å². The molecule has 2 rings (SSSR count). The van der Waals surface area contributed by atoms with Gasteiger partial charge in [-0.05, 0) is 59.7 Å². The fourth-order valence-corrected chi connectivity index (χ4v) is 2.65. The molecule has 0 unspecified atom stereocenters. The van der Waals surface area contributed by atoms with Crippen LogP contribution in [0.25, 0.3) is 5.69 Å². The maximum atomic E-state index is 12.2. The number of benzene rings is 1. The fourth-order valence-electron chi connectivity index (χ4n) is 2.29. The summed E-state index contributed by atoms with van der Waals surface area (Å²) in [7, 11) is 0. The highest BCUT2D eigenvalue weighted by Crippen LogP contribution is 2.17. The van der Waals surface area contributed by atoms with Gasteiger partial charge >= 0.3 is 11.9 Å². The van der Waals surface area contributed by atoms with Crippen LogP contribution in [-0.2, 0) is 6.42 Å². The van der Waals surface area contributed by atoms with E-state index in [4.69, 9.17) is 0 Å². The van der Waals surface area contributed by atoms with Crippen molar-refractivity contribution in [2.75, 3.05) is 0 Å². The Morgan fingerprint density at radius 2 is 1.79 bits per heavy atom. The van der Waals surface area contributed by atoms with E-state index in [0.29, 0.717) is 18.5 Å². The molecule has 0 amide bonds. The standard InChI is InChI=1S/C16H15IN2O5/c1-2-3-4-11-12(15(21)22)14(20)13(16(23)24)18-19(11)10-7-5-9(17)6-8-10/h5-8H,2-4H2,1H3,(H,21,22)(H,23,24). The van der Waals surface area contributed by atoms with Crippen LogP contribution >= 0.6 is 22.6 Å². The summed E-state index contributed by atoms with van der Waals surface area (Å²) in [6.07, 6.45) is 1.76. The van der Waals surface area contributed by atoms with Gasteiger partial charge in [0, 0.05) is 3.57 Å². The molecule has 2 N–H and O–H groups in total. The Hall–Kier alpha value is -2.23. The summed E-state index contributed by atoms with van der Waals surface area (Å²) >= 11 is 2.12. The number of aromatic nitrogens is 2. The van der Waals surface area contributed by atoms with Crippen LogP contribution in [0.1, 0.15) is 46.3 Å². The third kappa shape index (κ3) is 3.64. The van der Waals surface area contributed by atoms with Gasteiger partial charge in [0.1, 0.15) is 5.56 Å². The van der Waals surface area contributed by atoms with E-state index < -0.39 is 28.6 Å². The number of hydrogen-bond donors (Lipinski definition) is 2. The summed E-state index contributed by atoms with van der Waals surface area (Å²) in [5.41, 5.74) is -1.68. The summed E-state index contributed by atoms with van der Waals surface area (Å²) in [4.78, 5) is 35.1. The monoisotopic (exact) mass is 442 g/mol. The Morgan fingerprint density at radius 1 is 1.17 bits per heavy atom. The topological polar surface area (TPSA) is 109 Å². The largest absolute Gasteiger partial charge is 0.477 e. The SMILES string of the molecule is CCCCc1c(C(=O)O)c(=O)c(C(=O)O)nn1-c1ccc(I)cc1. The molecule has 126 valence electrons. The van der Waals surface area contributed by atoms with Crippen molar-refractivity contribution in [3.63, 3.8) is 0 Å². The lowest BCUT2D eigenvalue weighted by Gasteiger charge is -2.15. The van der Waals surface area contributed by atoms with Gasteiger partial charge in [-0.1, -0.05) is 13.3 Å². The Morgan fingerprint density at radius 3 is 2.29 bits per heavy atom. The number of nitrogens with zero attached hydrogens (tertiary/aromatic N) is 2. The third-order valence-corrected chi connectivity index (χ3v) is 4.16. The van der Waals surface area contributed by atoms with Crippen molar-refractivity contribution in [1.29, 1.82) is 0 Å². The molecule has 0 saturated heterocycles. The second kappa shape index (κ2) is 7.56. The Kier molecular flexibility index (Phi) is 5.71. The van der Waals surface area contributed by atoms with Gasteiger partial charge < -0.3 is 10.2 Å². The van der Waals surface area contributed by atoms with Crippen LogP contribution in [0.5, 0.6) is 0 Å². The van der Waals surface area contributed by atoms with Crippen molar-refractivity contribution >= 4 is 34.5 Å². The molecule has 1 heterocycles. The van der Waals surface area contributed by atoms with E-state index in [1.807, 2.05) is 6.92 Å². The maximum Gasteiger partial charge on any atom is 0.360 e. The van der Waals surface area contributed by atoms with Crippen LogP contribution < -0.4 is 5.43 Å². The zero-order valence-corrected chi connectivity index (χ0v) is 15.0. The first-order chi connectivity index (χ1) is 11.4. The third-order valence-electron chi connectivity index (χ3n) is 3.44. The second-order valence-electron chi connectivity index (χ2n) is 5.10. The highest BCUT2D eigenvalue weighted by atomic mass is 127. The minimum Gasteiger partial charge on any atom is -0.477 e. The van der Waals surface area contributed by atoms with Gasteiger partial charge in [0.15, 0.2) is 0 Å². The first-order valence-corrected chi connectivity index (χ1v) is 8.33. The molecular weight excluding hydrogens is 427 g/mol. The molecule has 0 fully saturated rings. The predicted octanol–water partition coefficient (Wildman–Crippen LogP) is 2.58. The van der Waals surface area contributed by atoms with Gasteiger partial charge in [-0.15, -0.1) is 0 Å². The van der Waals surface area contributed by atoms with E-state index in [2.05, 4.69) is 27.7 Å². The lowest BCUT2D eigenvalue weighted by molar-refractivity contribution is 0.0685. The Balaban J connectivity index is 2.83. The quantitative estimate of drug-likeness (QED) is 0.666. The van der Waals surface area contributed by atoms with Crippen molar-refractivity contribution in [3.8, 4) is 5.69 Å². The average Bonchev–Trinajstić information content (AvgIpc) is 2.53. The molecule has 0 aliphatic carbocycles. The van der Waals surface area contributed by atoms with Gasteiger partial charge in [0.2, 0.25) is 11.1 Å². The zero-order valence-electron chi connectivity index (χ0n) is 12.8. The molecule has 0 atom stereocenters. The maximum absolute atomic E-state index is 12.2. The molecule has 0 aliphatic rings. The lowest BCUT2D eigenvalue weighted by atomic mass is 10.1. The van der Waals surface area contributed by atoms with Crippen LogP contribution in [0.15, 0.2) is 29.1 Å². The zero-order chi connectivity index (χ0) is 17.9. The van der Waals surface area contributed by atoms with Crippen LogP contribution in [0, 0.1) is 3.57 Å². The van der Waals surface area contributed by atoms with Gasteiger partial charge in [-0.25, -0.2) is 14.3 Å². The van der Waals surface area contributed by atoms with E-state index in [-0.39, 0.29) is 5.69 Å². The van der Waals surface area contributed by atoms with E-state index in [9.17, 15) is 24.6 Å². The van der Waals surface area contributed by atoms with Gasteiger partial charge in [0.05, 0.1) is 11.4 Å². The first-order valence-electron chi connectivity index (χ1n) is 7.25. The highest BCUT2D eigenvalue weighted by molar-refractivity contribution is 14.1. The molecule has 24 heavy (non-hydrogen) atoms. The van der Waals surface area contributed by atoms with Crippen molar-refractivity contribution < 1.29 is 19.8 Å². The molecule has 2 aromatic rings. The highest BCUT2D eigenvalue weighted by Gasteiger charge is 2.25. The lowest BCUT2D eigenvalue weighted by Crippen LogP contribution is -2.31. The Labute approximate surface area is 151 Å². The fraction of sp³-hybridized carbons (Fsp3) is 0.250. The van der Waals surface area contributed by atoms with E-state index in [1.165, 1.54) is 4.68 Å². The number of rotatable bonds is 6. The van der Waals surface area contributed by atoms with E-state index in [0.717, 1.165) is 9.99 Å². The van der Waals surface area contributed by atoms with Crippen molar-refractivity contribution in [2.24, 2.45) is 0 Å². The molecule has 8 heteroatoms. The summed E-state index contributed by atoms with van der Waals surface area (Å²) in [6, 6.07) is 6.98. The van der Waals surface area contributed by atoms with Gasteiger partial charge in [-0.3, -0.25) is 4.79 Å². The molecule has 1 aromatic carbocycles. The molecule has 1 aromatic heterocycles. The number of carboxylic acid groups (broad SMARTS) is 2. The second-order valence-corrected chi connectivity index (χ2v) is 6.35. The average molecular weight is 442 g/mol. The van der Waals surface area contributed by atoms with Crippen LogP contribution in [-0.4, -0.2) is 31.9 Å². The van der Waals surface area contributed by atoms with Crippen LogP contribution in [0.4, 0.5) is 0 Å². The summed E-state index contributed by atoms with van der Waals surface area (Å²) in [5.74, 6) is -3.00. The first kappa shape index (κ1) is 18.1. The molecule has 0 radical (unpaired) electrons. The number of halogens is 1. The summed E-state index contributed by atoms with van der Waals surface area (Å²) < 4.78 is 2.21.